The fourth-order valence-corrected chi connectivity index (χ4v) is 3.14. The highest BCUT2D eigenvalue weighted by Gasteiger charge is 2.13. The summed E-state index contributed by atoms with van der Waals surface area (Å²) in [5.41, 5.74) is 0.825. The SMILES string of the molecule is c1coc(-c2nnc(SCc3cc(-c4cccs4)on3)o2)c1. The molecular formula is C14H9N3O3S2. The topological polar surface area (TPSA) is 78.1 Å². The van der Waals surface area contributed by atoms with Crippen LogP contribution in [0.2, 0.25) is 0 Å². The van der Waals surface area contributed by atoms with E-state index in [0.717, 1.165) is 16.3 Å². The third-order valence-corrected chi connectivity index (χ3v) is 4.54. The van der Waals surface area contributed by atoms with E-state index in [1.54, 1.807) is 29.7 Å². The van der Waals surface area contributed by atoms with Gasteiger partial charge in [0.2, 0.25) is 0 Å². The van der Waals surface area contributed by atoms with Gasteiger partial charge in [-0.3, -0.25) is 0 Å². The normalized spacial score (nSPS) is 11.1. The first-order valence-corrected chi connectivity index (χ1v) is 8.25. The molecule has 0 aliphatic heterocycles. The number of thiophene rings is 1. The molecule has 0 fully saturated rings. The van der Waals surface area contributed by atoms with Crippen LogP contribution in [0.4, 0.5) is 0 Å². The Hall–Kier alpha value is -2.32. The Kier molecular flexibility index (Phi) is 3.53. The standard InChI is InChI=1S/C14H9N3O3S2/c1-3-10(18-5-1)13-15-16-14(19-13)22-8-9-7-11(20-17-9)12-4-2-6-21-12/h1-7H,8H2. The number of thioether (sulfide) groups is 1. The number of rotatable bonds is 5. The second-order valence-corrected chi connectivity index (χ2v) is 6.17. The summed E-state index contributed by atoms with van der Waals surface area (Å²) >= 11 is 3.01. The van der Waals surface area contributed by atoms with E-state index in [1.807, 2.05) is 23.6 Å². The maximum Gasteiger partial charge on any atom is 0.284 e. The van der Waals surface area contributed by atoms with Crippen molar-refractivity contribution in [2.24, 2.45) is 0 Å². The summed E-state index contributed by atoms with van der Waals surface area (Å²) in [7, 11) is 0. The van der Waals surface area contributed by atoms with Gasteiger partial charge >= 0.3 is 0 Å². The quantitative estimate of drug-likeness (QED) is 0.503. The molecule has 0 atom stereocenters. The Morgan fingerprint density at radius 2 is 2.14 bits per heavy atom. The summed E-state index contributed by atoms with van der Waals surface area (Å²) in [6.45, 7) is 0. The van der Waals surface area contributed by atoms with E-state index in [4.69, 9.17) is 13.4 Å². The number of hydrogen-bond donors (Lipinski definition) is 0. The van der Waals surface area contributed by atoms with E-state index >= 15 is 0 Å². The fraction of sp³-hybridized carbons (Fsp3) is 0.0714. The van der Waals surface area contributed by atoms with E-state index in [9.17, 15) is 0 Å². The van der Waals surface area contributed by atoms with Crippen molar-refractivity contribution in [3.63, 3.8) is 0 Å². The first-order chi connectivity index (χ1) is 10.9. The molecule has 0 unspecified atom stereocenters. The van der Waals surface area contributed by atoms with Crippen LogP contribution in [0.1, 0.15) is 5.69 Å². The van der Waals surface area contributed by atoms with Crippen molar-refractivity contribution in [1.82, 2.24) is 15.4 Å². The number of nitrogens with zero attached hydrogens (tertiary/aromatic N) is 3. The van der Waals surface area contributed by atoms with Crippen molar-refractivity contribution in [1.29, 1.82) is 0 Å². The molecule has 110 valence electrons. The van der Waals surface area contributed by atoms with Crippen molar-refractivity contribution in [3.05, 3.63) is 47.7 Å². The van der Waals surface area contributed by atoms with Crippen LogP contribution in [-0.2, 0) is 5.75 Å². The second kappa shape index (κ2) is 5.82. The Labute approximate surface area is 133 Å². The van der Waals surface area contributed by atoms with Gasteiger partial charge in [0, 0.05) is 11.8 Å². The highest BCUT2D eigenvalue weighted by molar-refractivity contribution is 7.98. The van der Waals surface area contributed by atoms with E-state index in [0.29, 0.717) is 22.6 Å². The summed E-state index contributed by atoms with van der Waals surface area (Å²) < 4.78 is 16.1. The molecular weight excluding hydrogens is 322 g/mol. The van der Waals surface area contributed by atoms with Gasteiger partial charge in [0.1, 0.15) is 0 Å². The summed E-state index contributed by atoms with van der Waals surface area (Å²) in [6.07, 6.45) is 1.56. The van der Waals surface area contributed by atoms with Crippen molar-refractivity contribution < 1.29 is 13.4 Å². The third kappa shape index (κ3) is 2.70. The highest BCUT2D eigenvalue weighted by Crippen LogP contribution is 2.29. The molecule has 22 heavy (non-hydrogen) atoms. The number of furan rings is 1. The molecule has 0 saturated heterocycles. The summed E-state index contributed by atoms with van der Waals surface area (Å²) in [5, 5.41) is 14.4. The maximum atomic E-state index is 5.52. The van der Waals surface area contributed by atoms with Crippen molar-refractivity contribution in [2.75, 3.05) is 0 Å². The average Bonchev–Trinajstić information content (AvgIpc) is 3.33. The first-order valence-electron chi connectivity index (χ1n) is 6.38. The van der Waals surface area contributed by atoms with Gasteiger partial charge in [0.05, 0.1) is 16.8 Å². The monoisotopic (exact) mass is 331 g/mol. The average molecular weight is 331 g/mol. The van der Waals surface area contributed by atoms with Gasteiger partial charge in [-0.15, -0.1) is 21.5 Å². The van der Waals surface area contributed by atoms with Crippen LogP contribution < -0.4 is 0 Å². The lowest BCUT2D eigenvalue weighted by molar-refractivity contribution is 0.426. The van der Waals surface area contributed by atoms with Crippen molar-refractivity contribution >= 4 is 23.1 Å². The van der Waals surface area contributed by atoms with Crippen LogP contribution >= 0.6 is 23.1 Å². The van der Waals surface area contributed by atoms with Crippen molar-refractivity contribution in [2.45, 2.75) is 11.0 Å². The second-order valence-electron chi connectivity index (χ2n) is 4.30. The number of hydrogen-bond acceptors (Lipinski definition) is 8. The molecule has 0 saturated carbocycles. The Morgan fingerprint density at radius 3 is 2.95 bits per heavy atom. The van der Waals surface area contributed by atoms with E-state index in [1.165, 1.54) is 11.8 Å². The largest absolute Gasteiger partial charge is 0.459 e. The molecule has 0 radical (unpaired) electrons. The van der Waals surface area contributed by atoms with Crippen LogP contribution in [0.3, 0.4) is 0 Å². The van der Waals surface area contributed by atoms with Crippen LogP contribution in [0.25, 0.3) is 22.3 Å². The molecule has 4 heterocycles. The molecule has 0 bridgehead atoms. The lowest BCUT2D eigenvalue weighted by Crippen LogP contribution is -1.79. The smallest absolute Gasteiger partial charge is 0.284 e. The molecule has 0 amide bonds. The summed E-state index contributed by atoms with van der Waals surface area (Å²) in [5.74, 6) is 2.29. The summed E-state index contributed by atoms with van der Waals surface area (Å²) in [4.78, 5) is 1.06. The lowest BCUT2D eigenvalue weighted by atomic mass is 10.3. The van der Waals surface area contributed by atoms with Gasteiger partial charge < -0.3 is 13.4 Å². The summed E-state index contributed by atoms with van der Waals surface area (Å²) in [6, 6.07) is 9.44. The van der Waals surface area contributed by atoms with Gasteiger partial charge in [0.15, 0.2) is 11.5 Å². The maximum absolute atomic E-state index is 5.52. The Morgan fingerprint density at radius 1 is 1.14 bits per heavy atom. The Bertz CT molecular complexity index is 777. The van der Waals surface area contributed by atoms with Gasteiger partial charge in [0.25, 0.3) is 11.1 Å². The van der Waals surface area contributed by atoms with Crippen LogP contribution in [0, 0.1) is 0 Å². The molecule has 4 aromatic heterocycles. The highest BCUT2D eigenvalue weighted by atomic mass is 32.2. The Balaban J connectivity index is 1.43. The minimum atomic E-state index is 0.368. The van der Waals surface area contributed by atoms with Crippen molar-refractivity contribution in [3.8, 4) is 22.3 Å². The minimum Gasteiger partial charge on any atom is -0.459 e. The van der Waals surface area contributed by atoms with E-state index in [-0.39, 0.29) is 0 Å². The van der Waals surface area contributed by atoms with Gasteiger partial charge in [-0.1, -0.05) is 23.0 Å². The molecule has 0 aromatic carbocycles. The van der Waals surface area contributed by atoms with Crippen LogP contribution in [0.15, 0.2) is 60.6 Å². The van der Waals surface area contributed by atoms with Gasteiger partial charge in [-0.2, -0.15) is 0 Å². The molecule has 0 spiro atoms. The molecule has 4 aromatic rings. The molecule has 0 aliphatic carbocycles. The first kappa shape index (κ1) is 13.4. The minimum absolute atomic E-state index is 0.368. The number of aromatic nitrogens is 3. The third-order valence-electron chi connectivity index (χ3n) is 2.80. The molecule has 6 nitrogen and oxygen atoms in total. The predicted octanol–water partition coefficient (Wildman–Crippen LogP) is 4.34. The predicted molar refractivity (Wildman–Crippen MR) is 81.4 cm³/mol. The molecule has 8 heteroatoms. The zero-order valence-corrected chi connectivity index (χ0v) is 12.8. The molecule has 4 rings (SSSR count). The lowest BCUT2D eigenvalue weighted by Gasteiger charge is -1.90. The zero-order valence-electron chi connectivity index (χ0n) is 11.1. The van der Waals surface area contributed by atoms with Gasteiger partial charge in [-0.05, 0) is 23.6 Å². The van der Waals surface area contributed by atoms with E-state index < -0.39 is 0 Å². The zero-order chi connectivity index (χ0) is 14.8. The van der Waals surface area contributed by atoms with Crippen LogP contribution in [-0.4, -0.2) is 15.4 Å². The fourth-order valence-electron chi connectivity index (χ4n) is 1.82. The molecule has 0 N–H and O–H groups in total. The van der Waals surface area contributed by atoms with Crippen LogP contribution in [0.5, 0.6) is 0 Å². The molecule has 0 aliphatic rings. The van der Waals surface area contributed by atoms with Gasteiger partial charge in [-0.25, -0.2) is 0 Å². The van der Waals surface area contributed by atoms with E-state index in [2.05, 4.69) is 15.4 Å².